The molecule has 1 aliphatic rings. The summed E-state index contributed by atoms with van der Waals surface area (Å²) in [7, 11) is 0. The summed E-state index contributed by atoms with van der Waals surface area (Å²) in [4.78, 5) is 10.8. The molecule has 0 atom stereocenters. The van der Waals surface area contributed by atoms with Gasteiger partial charge in [-0.25, -0.2) is 9.97 Å². The Bertz CT molecular complexity index is 249. The lowest BCUT2D eigenvalue weighted by atomic mass is 10.4. The van der Waals surface area contributed by atoms with Crippen molar-refractivity contribution in [2.75, 3.05) is 18.0 Å². The molecule has 0 spiro atoms. The van der Waals surface area contributed by atoms with Crippen molar-refractivity contribution >= 4 is 5.95 Å². The average molecular weight is 163 g/mol. The van der Waals surface area contributed by atoms with Gasteiger partial charge in [0.15, 0.2) is 0 Å². The van der Waals surface area contributed by atoms with Crippen molar-refractivity contribution in [2.24, 2.45) is 0 Å². The van der Waals surface area contributed by atoms with E-state index < -0.39 is 0 Å². The van der Waals surface area contributed by atoms with Crippen molar-refractivity contribution in [2.45, 2.75) is 19.8 Å². The molecule has 0 radical (unpaired) electrons. The molecule has 0 saturated carbocycles. The highest BCUT2D eigenvalue weighted by molar-refractivity contribution is 5.30. The summed E-state index contributed by atoms with van der Waals surface area (Å²) >= 11 is 0. The largest absolute Gasteiger partial charge is 0.341 e. The monoisotopic (exact) mass is 163 g/mol. The molecule has 1 aliphatic heterocycles. The van der Waals surface area contributed by atoms with Crippen LogP contribution in [0, 0.1) is 6.92 Å². The second-order valence-electron chi connectivity index (χ2n) is 3.25. The van der Waals surface area contributed by atoms with Gasteiger partial charge in [0.05, 0.1) is 0 Å². The molecule has 1 aromatic rings. The van der Waals surface area contributed by atoms with Crippen LogP contribution >= 0.6 is 0 Å². The number of aryl methyl sites for hydroxylation is 1. The molecule has 1 aromatic heterocycles. The number of aromatic nitrogens is 2. The highest BCUT2D eigenvalue weighted by Crippen LogP contribution is 2.14. The number of hydrogen-bond acceptors (Lipinski definition) is 3. The summed E-state index contributed by atoms with van der Waals surface area (Å²) < 4.78 is 0. The summed E-state index contributed by atoms with van der Waals surface area (Å²) in [5.74, 6) is 0.887. The molecular weight excluding hydrogens is 150 g/mol. The van der Waals surface area contributed by atoms with Crippen LogP contribution in [-0.2, 0) is 0 Å². The van der Waals surface area contributed by atoms with E-state index in [-0.39, 0.29) is 0 Å². The zero-order valence-corrected chi connectivity index (χ0v) is 7.32. The Hall–Kier alpha value is -1.12. The topological polar surface area (TPSA) is 29.0 Å². The normalized spacial score (nSPS) is 16.9. The Morgan fingerprint density at radius 3 is 2.33 bits per heavy atom. The van der Waals surface area contributed by atoms with E-state index in [1.807, 2.05) is 19.3 Å². The molecule has 2 heterocycles. The summed E-state index contributed by atoms with van der Waals surface area (Å²) in [6.45, 7) is 4.24. The number of hydrogen-bond donors (Lipinski definition) is 0. The van der Waals surface area contributed by atoms with Gasteiger partial charge in [0.25, 0.3) is 0 Å². The first-order chi connectivity index (χ1) is 5.86. The van der Waals surface area contributed by atoms with Crippen LogP contribution < -0.4 is 4.90 Å². The van der Waals surface area contributed by atoms with E-state index in [0.29, 0.717) is 0 Å². The number of anilines is 1. The van der Waals surface area contributed by atoms with E-state index in [9.17, 15) is 0 Å². The molecule has 3 heteroatoms. The number of rotatable bonds is 1. The van der Waals surface area contributed by atoms with Crippen LogP contribution in [-0.4, -0.2) is 23.1 Å². The summed E-state index contributed by atoms with van der Waals surface area (Å²) in [6, 6.07) is 0. The lowest BCUT2D eigenvalue weighted by molar-refractivity contribution is 0.894. The maximum atomic E-state index is 4.28. The van der Waals surface area contributed by atoms with Crippen LogP contribution in [0.15, 0.2) is 12.4 Å². The highest BCUT2D eigenvalue weighted by atomic mass is 15.3. The second-order valence-corrected chi connectivity index (χ2v) is 3.25. The Balaban J connectivity index is 2.17. The van der Waals surface area contributed by atoms with Crippen LogP contribution in [0.25, 0.3) is 0 Å². The van der Waals surface area contributed by atoms with Crippen LogP contribution in [0.3, 0.4) is 0 Å². The van der Waals surface area contributed by atoms with Gasteiger partial charge in [0, 0.05) is 25.5 Å². The first-order valence-corrected chi connectivity index (χ1v) is 4.40. The van der Waals surface area contributed by atoms with Crippen molar-refractivity contribution in [1.82, 2.24) is 9.97 Å². The zero-order valence-electron chi connectivity index (χ0n) is 7.32. The molecule has 0 aromatic carbocycles. The average Bonchev–Trinajstić information content (AvgIpc) is 2.58. The molecule has 64 valence electrons. The molecule has 0 bridgehead atoms. The molecule has 1 saturated heterocycles. The van der Waals surface area contributed by atoms with Gasteiger partial charge in [-0.15, -0.1) is 0 Å². The first-order valence-electron chi connectivity index (χ1n) is 4.40. The fraction of sp³-hybridized carbons (Fsp3) is 0.556. The Morgan fingerprint density at radius 2 is 1.75 bits per heavy atom. The predicted molar refractivity (Wildman–Crippen MR) is 48.2 cm³/mol. The van der Waals surface area contributed by atoms with Crippen molar-refractivity contribution < 1.29 is 0 Å². The summed E-state index contributed by atoms with van der Waals surface area (Å²) in [5, 5.41) is 0. The van der Waals surface area contributed by atoms with Crippen molar-refractivity contribution in [3.05, 3.63) is 18.0 Å². The molecule has 2 rings (SSSR count). The third-order valence-electron chi connectivity index (χ3n) is 2.16. The van der Waals surface area contributed by atoms with Crippen molar-refractivity contribution in [1.29, 1.82) is 0 Å². The van der Waals surface area contributed by atoms with Gasteiger partial charge in [0.2, 0.25) is 5.95 Å². The Labute approximate surface area is 72.4 Å². The van der Waals surface area contributed by atoms with Gasteiger partial charge in [-0.05, 0) is 25.3 Å². The minimum atomic E-state index is 0.887. The summed E-state index contributed by atoms with van der Waals surface area (Å²) in [6.07, 6.45) is 6.30. The number of nitrogens with zero attached hydrogens (tertiary/aromatic N) is 3. The zero-order chi connectivity index (χ0) is 8.39. The molecule has 12 heavy (non-hydrogen) atoms. The van der Waals surface area contributed by atoms with E-state index in [1.54, 1.807) is 0 Å². The molecule has 0 N–H and O–H groups in total. The standard InChI is InChI=1S/C9H13N3/c1-8-6-10-9(11-7-8)12-4-2-3-5-12/h6-7H,2-5H2,1H3. The fourth-order valence-electron chi connectivity index (χ4n) is 1.47. The maximum Gasteiger partial charge on any atom is 0.225 e. The summed E-state index contributed by atoms with van der Waals surface area (Å²) in [5.41, 5.74) is 1.12. The van der Waals surface area contributed by atoms with Crippen LogP contribution in [0.4, 0.5) is 5.95 Å². The van der Waals surface area contributed by atoms with Gasteiger partial charge in [0.1, 0.15) is 0 Å². The van der Waals surface area contributed by atoms with E-state index in [4.69, 9.17) is 0 Å². The van der Waals surface area contributed by atoms with Crippen molar-refractivity contribution in [3.63, 3.8) is 0 Å². The van der Waals surface area contributed by atoms with Crippen LogP contribution in [0.5, 0.6) is 0 Å². The van der Waals surface area contributed by atoms with E-state index >= 15 is 0 Å². The SMILES string of the molecule is Cc1cnc(N2CCCC2)nc1. The maximum absolute atomic E-state index is 4.28. The third-order valence-corrected chi connectivity index (χ3v) is 2.16. The van der Waals surface area contributed by atoms with Gasteiger partial charge in [-0.2, -0.15) is 0 Å². The lowest BCUT2D eigenvalue weighted by Crippen LogP contribution is -2.20. The third kappa shape index (κ3) is 1.40. The molecule has 0 amide bonds. The van der Waals surface area contributed by atoms with Gasteiger partial charge < -0.3 is 4.90 Å². The Kier molecular flexibility index (Phi) is 1.94. The lowest BCUT2D eigenvalue weighted by Gasteiger charge is -2.13. The highest BCUT2D eigenvalue weighted by Gasteiger charge is 2.13. The van der Waals surface area contributed by atoms with Gasteiger partial charge >= 0.3 is 0 Å². The fourth-order valence-corrected chi connectivity index (χ4v) is 1.47. The van der Waals surface area contributed by atoms with Gasteiger partial charge in [-0.1, -0.05) is 0 Å². The smallest absolute Gasteiger partial charge is 0.225 e. The molecule has 0 aliphatic carbocycles. The molecule has 1 fully saturated rings. The van der Waals surface area contributed by atoms with E-state index in [1.165, 1.54) is 12.8 Å². The van der Waals surface area contributed by atoms with E-state index in [0.717, 1.165) is 24.6 Å². The van der Waals surface area contributed by atoms with Crippen LogP contribution in [0.2, 0.25) is 0 Å². The van der Waals surface area contributed by atoms with Crippen LogP contribution in [0.1, 0.15) is 18.4 Å². The quantitative estimate of drug-likeness (QED) is 0.626. The van der Waals surface area contributed by atoms with Crippen molar-refractivity contribution in [3.8, 4) is 0 Å². The first kappa shape index (κ1) is 7.53. The van der Waals surface area contributed by atoms with Gasteiger partial charge in [-0.3, -0.25) is 0 Å². The minimum Gasteiger partial charge on any atom is -0.341 e. The van der Waals surface area contributed by atoms with E-state index in [2.05, 4.69) is 14.9 Å². The molecule has 3 nitrogen and oxygen atoms in total. The second kappa shape index (κ2) is 3.09. The Morgan fingerprint density at radius 1 is 1.17 bits per heavy atom. The minimum absolute atomic E-state index is 0.887. The molecule has 0 unspecified atom stereocenters. The predicted octanol–water partition coefficient (Wildman–Crippen LogP) is 1.39. The molecular formula is C9H13N3.